The highest BCUT2D eigenvalue weighted by Crippen LogP contribution is 2.14. The first kappa shape index (κ1) is 25.7. The molecule has 0 atom stereocenters. The maximum atomic E-state index is 2.46. The van der Waals surface area contributed by atoms with E-state index in [2.05, 4.69) is 37.8 Å². The number of allylic oxidation sites excluding steroid dienone is 1. The molecule has 0 rings (SSSR count). The standard InChI is InChI=1S/C25H51N/c1-4-7-8-9-10-11-12-13-14-15-16-17-18-19-20-21-22-23-24-25-26(5-2)6-3/h23-24H,4-22,25H2,1-3H3. The van der Waals surface area contributed by atoms with E-state index < -0.39 is 0 Å². The third-order valence-electron chi connectivity index (χ3n) is 5.65. The predicted octanol–water partition coefficient (Wildman–Crippen LogP) is 8.54. The van der Waals surface area contributed by atoms with Crippen LogP contribution in [-0.4, -0.2) is 24.5 Å². The fourth-order valence-electron chi connectivity index (χ4n) is 3.63. The quantitative estimate of drug-likeness (QED) is 0.145. The highest BCUT2D eigenvalue weighted by Gasteiger charge is 1.95. The van der Waals surface area contributed by atoms with Crippen molar-refractivity contribution >= 4 is 0 Å². The molecule has 0 unspecified atom stereocenters. The molecular formula is C25H51N. The minimum absolute atomic E-state index is 1.13. The minimum Gasteiger partial charge on any atom is -0.300 e. The maximum Gasteiger partial charge on any atom is 0.0162 e. The molecule has 0 saturated heterocycles. The predicted molar refractivity (Wildman–Crippen MR) is 121 cm³/mol. The van der Waals surface area contributed by atoms with Crippen LogP contribution in [0.25, 0.3) is 0 Å². The Morgan fingerprint density at radius 1 is 0.462 bits per heavy atom. The summed E-state index contributed by atoms with van der Waals surface area (Å²) in [7, 11) is 0. The summed E-state index contributed by atoms with van der Waals surface area (Å²) in [5.41, 5.74) is 0. The lowest BCUT2D eigenvalue weighted by Gasteiger charge is -2.14. The molecule has 0 aliphatic rings. The van der Waals surface area contributed by atoms with Gasteiger partial charge in [-0.1, -0.05) is 129 Å². The van der Waals surface area contributed by atoms with Gasteiger partial charge in [0, 0.05) is 6.54 Å². The monoisotopic (exact) mass is 365 g/mol. The van der Waals surface area contributed by atoms with E-state index in [-0.39, 0.29) is 0 Å². The van der Waals surface area contributed by atoms with E-state index in [1.807, 2.05) is 0 Å². The summed E-state index contributed by atoms with van der Waals surface area (Å²) in [6.45, 7) is 10.2. The number of nitrogens with zero attached hydrogens (tertiary/aromatic N) is 1. The van der Waals surface area contributed by atoms with Crippen molar-refractivity contribution in [2.45, 2.75) is 130 Å². The van der Waals surface area contributed by atoms with Crippen molar-refractivity contribution in [3.05, 3.63) is 12.2 Å². The van der Waals surface area contributed by atoms with Crippen LogP contribution in [0.5, 0.6) is 0 Å². The van der Waals surface area contributed by atoms with E-state index in [4.69, 9.17) is 0 Å². The summed E-state index contributed by atoms with van der Waals surface area (Å²) in [6, 6.07) is 0. The van der Waals surface area contributed by atoms with Crippen molar-refractivity contribution in [1.82, 2.24) is 4.90 Å². The van der Waals surface area contributed by atoms with Crippen LogP contribution >= 0.6 is 0 Å². The van der Waals surface area contributed by atoms with Crippen LogP contribution in [0.1, 0.15) is 130 Å². The first-order chi connectivity index (χ1) is 12.8. The maximum absolute atomic E-state index is 2.46. The smallest absolute Gasteiger partial charge is 0.0162 e. The second kappa shape index (κ2) is 22.7. The van der Waals surface area contributed by atoms with E-state index in [0.717, 1.165) is 6.54 Å². The van der Waals surface area contributed by atoms with Gasteiger partial charge in [-0.3, -0.25) is 0 Å². The minimum atomic E-state index is 1.13. The second-order valence-electron chi connectivity index (χ2n) is 8.05. The molecule has 0 heterocycles. The molecule has 0 radical (unpaired) electrons. The lowest BCUT2D eigenvalue weighted by molar-refractivity contribution is 0.337. The third-order valence-corrected chi connectivity index (χ3v) is 5.65. The summed E-state index contributed by atoms with van der Waals surface area (Å²) >= 11 is 0. The Balaban J connectivity index is 3.10. The van der Waals surface area contributed by atoms with Gasteiger partial charge in [0.1, 0.15) is 0 Å². The molecule has 0 aliphatic heterocycles. The van der Waals surface area contributed by atoms with Crippen LogP contribution in [0.4, 0.5) is 0 Å². The normalized spacial score (nSPS) is 11.8. The lowest BCUT2D eigenvalue weighted by Crippen LogP contribution is -2.22. The molecular weight excluding hydrogens is 314 g/mol. The van der Waals surface area contributed by atoms with E-state index in [1.165, 1.54) is 122 Å². The van der Waals surface area contributed by atoms with Gasteiger partial charge >= 0.3 is 0 Å². The Hall–Kier alpha value is -0.300. The van der Waals surface area contributed by atoms with Gasteiger partial charge in [0.2, 0.25) is 0 Å². The van der Waals surface area contributed by atoms with Crippen LogP contribution < -0.4 is 0 Å². The average Bonchev–Trinajstić information content (AvgIpc) is 2.66. The Morgan fingerprint density at radius 3 is 1.23 bits per heavy atom. The highest BCUT2D eigenvalue weighted by atomic mass is 15.1. The van der Waals surface area contributed by atoms with Crippen molar-refractivity contribution in [2.24, 2.45) is 0 Å². The molecule has 0 bridgehead atoms. The fraction of sp³-hybridized carbons (Fsp3) is 0.920. The first-order valence-corrected chi connectivity index (χ1v) is 12.2. The number of unbranched alkanes of at least 4 members (excludes halogenated alkanes) is 16. The van der Waals surface area contributed by atoms with Crippen LogP contribution in [0.15, 0.2) is 12.2 Å². The van der Waals surface area contributed by atoms with Crippen LogP contribution in [0.3, 0.4) is 0 Å². The Morgan fingerprint density at radius 2 is 0.846 bits per heavy atom. The largest absolute Gasteiger partial charge is 0.300 e. The van der Waals surface area contributed by atoms with Crippen molar-refractivity contribution in [1.29, 1.82) is 0 Å². The molecule has 0 saturated carbocycles. The lowest BCUT2D eigenvalue weighted by atomic mass is 10.0. The van der Waals surface area contributed by atoms with Crippen LogP contribution in [0.2, 0.25) is 0 Å². The van der Waals surface area contributed by atoms with Crippen molar-refractivity contribution in [2.75, 3.05) is 19.6 Å². The van der Waals surface area contributed by atoms with E-state index in [0.29, 0.717) is 0 Å². The Kier molecular flexibility index (Phi) is 22.5. The second-order valence-corrected chi connectivity index (χ2v) is 8.05. The first-order valence-electron chi connectivity index (χ1n) is 12.2. The van der Waals surface area contributed by atoms with E-state index >= 15 is 0 Å². The molecule has 0 aromatic heterocycles. The molecule has 0 aliphatic carbocycles. The highest BCUT2D eigenvalue weighted by molar-refractivity contribution is 4.84. The Labute approximate surface area is 167 Å². The molecule has 0 N–H and O–H groups in total. The molecule has 1 nitrogen and oxygen atoms in total. The van der Waals surface area contributed by atoms with Gasteiger partial charge in [-0.15, -0.1) is 0 Å². The summed E-state index contributed by atoms with van der Waals surface area (Å²) in [6.07, 6.45) is 29.3. The molecule has 0 amide bonds. The number of rotatable bonds is 21. The van der Waals surface area contributed by atoms with Gasteiger partial charge in [-0.25, -0.2) is 0 Å². The summed E-state index contributed by atoms with van der Waals surface area (Å²) in [4.78, 5) is 2.46. The van der Waals surface area contributed by atoms with Gasteiger partial charge in [-0.2, -0.15) is 0 Å². The molecule has 0 aromatic rings. The van der Waals surface area contributed by atoms with Gasteiger partial charge in [0.25, 0.3) is 0 Å². The zero-order valence-corrected chi connectivity index (χ0v) is 18.7. The van der Waals surface area contributed by atoms with E-state index in [9.17, 15) is 0 Å². The Bertz CT molecular complexity index is 267. The molecule has 0 fully saturated rings. The van der Waals surface area contributed by atoms with Crippen LogP contribution in [-0.2, 0) is 0 Å². The SMILES string of the molecule is CCCCCCCCCCCCCCCCCCC=CCN(CC)CC. The third kappa shape index (κ3) is 20.0. The zero-order valence-electron chi connectivity index (χ0n) is 18.7. The molecule has 26 heavy (non-hydrogen) atoms. The topological polar surface area (TPSA) is 3.24 Å². The number of hydrogen-bond donors (Lipinski definition) is 0. The van der Waals surface area contributed by atoms with Gasteiger partial charge in [0.05, 0.1) is 0 Å². The van der Waals surface area contributed by atoms with Crippen molar-refractivity contribution in [3.8, 4) is 0 Å². The van der Waals surface area contributed by atoms with Gasteiger partial charge in [-0.05, 0) is 25.9 Å². The van der Waals surface area contributed by atoms with Crippen LogP contribution in [0, 0.1) is 0 Å². The molecule has 0 aromatic carbocycles. The zero-order chi connectivity index (χ0) is 19.1. The number of likely N-dealkylation sites (N-methyl/N-ethyl adjacent to an activating group) is 1. The summed E-state index contributed by atoms with van der Waals surface area (Å²) < 4.78 is 0. The van der Waals surface area contributed by atoms with Crippen molar-refractivity contribution < 1.29 is 0 Å². The van der Waals surface area contributed by atoms with E-state index in [1.54, 1.807) is 0 Å². The summed E-state index contributed by atoms with van der Waals surface area (Å²) in [5, 5.41) is 0. The van der Waals surface area contributed by atoms with Gasteiger partial charge in [0.15, 0.2) is 0 Å². The summed E-state index contributed by atoms with van der Waals surface area (Å²) in [5.74, 6) is 0. The fourth-order valence-corrected chi connectivity index (χ4v) is 3.63. The molecule has 156 valence electrons. The average molecular weight is 366 g/mol. The van der Waals surface area contributed by atoms with Gasteiger partial charge < -0.3 is 4.90 Å². The number of hydrogen-bond acceptors (Lipinski definition) is 1. The van der Waals surface area contributed by atoms with Crippen molar-refractivity contribution in [3.63, 3.8) is 0 Å². The molecule has 1 heteroatoms. The molecule has 0 spiro atoms.